The zero-order valence-corrected chi connectivity index (χ0v) is 13.9. The van der Waals surface area contributed by atoms with Gasteiger partial charge in [-0.25, -0.2) is 4.98 Å². The molecule has 0 fully saturated rings. The molecule has 3 rings (SSSR count). The van der Waals surface area contributed by atoms with Gasteiger partial charge in [0.1, 0.15) is 5.82 Å². The molecular formula is C16H13BrClN3O. The molecule has 0 atom stereocenters. The van der Waals surface area contributed by atoms with Gasteiger partial charge in [0.25, 0.3) is 5.91 Å². The molecule has 0 aliphatic heterocycles. The number of nitrogens with zero attached hydrogens (tertiary/aromatic N) is 1. The summed E-state index contributed by atoms with van der Waals surface area (Å²) in [5.41, 5.74) is 2.39. The number of aromatic nitrogens is 2. The van der Waals surface area contributed by atoms with Gasteiger partial charge in [0, 0.05) is 17.4 Å². The number of amides is 1. The molecule has 3 aromatic rings. The maximum atomic E-state index is 12.1. The molecule has 0 saturated heterocycles. The fraction of sp³-hybridized carbons (Fsp3) is 0.125. The van der Waals surface area contributed by atoms with Gasteiger partial charge in [-0.05, 0) is 30.3 Å². The third-order valence-corrected chi connectivity index (χ3v) is 4.08. The topological polar surface area (TPSA) is 57.8 Å². The van der Waals surface area contributed by atoms with Crippen LogP contribution in [0.5, 0.6) is 0 Å². The smallest absolute Gasteiger partial charge is 0.252 e. The second-order valence-corrected chi connectivity index (χ2v) is 6.15. The molecule has 0 aliphatic carbocycles. The van der Waals surface area contributed by atoms with Gasteiger partial charge < -0.3 is 10.3 Å². The summed E-state index contributed by atoms with van der Waals surface area (Å²) in [7, 11) is 0. The van der Waals surface area contributed by atoms with Gasteiger partial charge in [0.15, 0.2) is 0 Å². The van der Waals surface area contributed by atoms with Crippen molar-refractivity contribution < 1.29 is 4.79 Å². The van der Waals surface area contributed by atoms with Crippen LogP contribution in [0.3, 0.4) is 0 Å². The van der Waals surface area contributed by atoms with Gasteiger partial charge >= 0.3 is 0 Å². The Morgan fingerprint density at radius 3 is 2.91 bits per heavy atom. The Morgan fingerprint density at radius 1 is 1.27 bits per heavy atom. The van der Waals surface area contributed by atoms with Crippen LogP contribution >= 0.6 is 27.5 Å². The maximum absolute atomic E-state index is 12.1. The molecule has 4 nitrogen and oxygen atoms in total. The van der Waals surface area contributed by atoms with E-state index in [9.17, 15) is 4.79 Å². The molecule has 0 radical (unpaired) electrons. The molecule has 0 unspecified atom stereocenters. The number of benzene rings is 2. The summed E-state index contributed by atoms with van der Waals surface area (Å²) in [6.45, 7) is 0.488. The Bertz CT molecular complexity index is 798. The summed E-state index contributed by atoms with van der Waals surface area (Å²) in [6.07, 6.45) is 0.631. The number of fused-ring (bicyclic) bond motifs is 1. The standard InChI is InChI=1S/C16H13BrClN3O/c17-10-5-6-12(18)11(9-10)16(22)19-8-7-15-20-13-3-1-2-4-14(13)21-15/h1-6,9H,7-8H2,(H,19,22)(H,20,21). The number of carbonyl (C=O) groups is 1. The summed E-state index contributed by atoms with van der Waals surface area (Å²) < 4.78 is 0.819. The number of aromatic amines is 1. The molecule has 2 N–H and O–H groups in total. The largest absolute Gasteiger partial charge is 0.352 e. The number of H-pyrrole nitrogens is 1. The van der Waals surface area contributed by atoms with Crippen molar-refractivity contribution in [2.75, 3.05) is 6.54 Å². The number of hydrogen-bond donors (Lipinski definition) is 2. The van der Waals surface area contributed by atoms with Gasteiger partial charge in [-0.1, -0.05) is 39.7 Å². The number of halogens is 2. The highest BCUT2D eigenvalue weighted by molar-refractivity contribution is 9.10. The first kappa shape index (κ1) is 15.1. The van der Waals surface area contributed by atoms with Gasteiger partial charge in [0.2, 0.25) is 0 Å². The van der Waals surface area contributed by atoms with Crippen LogP contribution in [0.4, 0.5) is 0 Å². The minimum absolute atomic E-state index is 0.192. The van der Waals surface area contributed by atoms with Crippen molar-refractivity contribution >= 4 is 44.5 Å². The van der Waals surface area contributed by atoms with Crippen LogP contribution in [0, 0.1) is 0 Å². The molecular weight excluding hydrogens is 366 g/mol. The zero-order valence-electron chi connectivity index (χ0n) is 11.6. The maximum Gasteiger partial charge on any atom is 0.252 e. The lowest BCUT2D eigenvalue weighted by Crippen LogP contribution is -2.26. The van der Waals surface area contributed by atoms with E-state index in [0.717, 1.165) is 21.3 Å². The van der Waals surface area contributed by atoms with Crippen molar-refractivity contribution in [3.8, 4) is 0 Å². The van der Waals surface area contributed by atoms with Gasteiger partial charge in [-0.15, -0.1) is 0 Å². The quantitative estimate of drug-likeness (QED) is 0.722. The zero-order chi connectivity index (χ0) is 15.5. The Hall–Kier alpha value is -1.85. The third kappa shape index (κ3) is 3.31. The highest BCUT2D eigenvalue weighted by Crippen LogP contribution is 2.20. The predicted octanol–water partition coefficient (Wildman–Crippen LogP) is 3.95. The summed E-state index contributed by atoms with van der Waals surface area (Å²) in [6, 6.07) is 13.0. The second kappa shape index (κ2) is 6.50. The first-order valence-corrected chi connectivity index (χ1v) is 7.97. The Kier molecular flexibility index (Phi) is 4.45. The molecule has 22 heavy (non-hydrogen) atoms. The fourth-order valence-corrected chi connectivity index (χ4v) is 2.75. The number of hydrogen-bond acceptors (Lipinski definition) is 2. The van der Waals surface area contributed by atoms with Crippen LogP contribution in [0.15, 0.2) is 46.9 Å². The van der Waals surface area contributed by atoms with Gasteiger partial charge in [-0.2, -0.15) is 0 Å². The van der Waals surface area contributed by atoms with Crippen molar-refractivity contribution in [1.82, 2.24) is 15.3 Å². The fourth-order valence-electron chi connectivity index (χ4n) is 2.19. The summed E-state index contributed by atoms with van der Waals surface area (Å²) in [5, 5.41) is 3.29. The molecule has 0 saturated carbocycles. The van der Waals surface area contributed by atoms with E-state index < -0.39 is 0 Å². The highest BCUT2D eigenvalue weighted by Gasteiger charge is 2.10. The van der Waals surface area contributed by atoms with Crippen LogP contribution in [0.1, 0.15) is 16.2 Å². The number of imidazole rings is 1. The van der Waals surface area contributed by atoms with Crippen LogP contribution in [0.25, 0.3) is 11.0 Å². The minimum atomic E-state index is -0.192. The highest BCUT2D eigenvalue weighted by atomic mass is 79.9. The Labute approximate surface area is 141 Å². The number of para-hydroxylation sites is 2. The van der Waals surface area contributed by atoms with E-state index in [-0.39, 0.29) is 5.91 Å². The molecule has 0 spiro atoms. The average Bonchev–Trinajstić information content (AvgIpc) is 2.92. The summed E-state index contributed by atoms with van der Waals surface area (Å²) in [5.74, 6) is 0.657. The molecule has 112 valence electrons. The lowest BCUT2D eigenvalue weighted by atomic mass is 10.2. The summed E-state index contributed by atoms with van der Waals surface area (Å²) >= 11 is 9.38. The molecule has 0 aliphatic rings. The van der Waals surface area contributed by atoms with Crippen LogP contribution < -0.4 is 5.32 Å². The van der Waals surface area contributed by atoms with E-state index in [2.05, 4.69) is 31.2 Å². The lowest BCUT2D eigenvalue weighted by Gasteiger charge is -2.06. The monoisotopic (exact) mass is 377 g/mol. The van der Waals surface area contributed by atoms with E-state index in [1.165, 1.54) is 0 Å². The van der Waals surface area contributed by atoms with Crippen molar-refractivity contribution in [3.63, 3.8) is 0 Å². The molecule has 1 amide bonds. The first-order valence-electron chi connectivity index (χ1n) is 6.80. The minimum Gasteiger partial charge on any atom is -0.352 e. The van der Waals surface area contributed by atoms with E-state index in [1.54, 1.807) is 18.2 Å². The van der Waals surface area contributed by atoms with Crippen LogP contribution in [-0.2, 0) is 6.42 Å². The van der Waals surface area contributed by atoms with E-state index in [0.29, 0.717) is 23.6 Å². The van der Waals surface area contributed by atoms with Crippen LogP contribution in [0.2, 0.25) is 5.02 Å². The van der Waals surface area contributed by atoms with Crippen molar-refractivity contribution in [2.45, 2.75) is 6.42 Å². The van der Waals surface area contributed by atoms with Crippen molar-refractivity contribution in [1.29, 1.82) is 0 Å². The van der Waals surface area contributed by atoms with E-state index in [1.807, 2.05) is 24.3 Å². The second-order valence-electron chi connectivity index (χ2n) is 4.83. The molecule has 1 heterocycles. The molecule has 0 bridgehead atoms. The number of rotatable bonds is 4. The Balaban J connectivity index is 1.62. The van der Waals surface area contributed by atoms with Gasteiger partial charge in [-0.3, -0.25) is 4.79 Å². The van der Waals surface area contributed by atoms with Crippen molar-refractivity contribution in [3.05, 3.63) is 63.3 Å². The first-order chi connectivity index (χ1) is 10.6. The van der Waals surface area contributed by atoms with Gasteiger partial charge in [0.05, 0.1) is 21.6 Å². The molecule has 1 aromatic heterocycles. The molecule has 6 heteroatoms. The number of carbonyl (C=O) groups excluding carboxylic acids is 1. The predicted molar refractivity (Wildman–Crippen MR) is 91.3 cm³/mol. The lowest BCUT2D eigenvalue weighted by molar-refractivity contribution is 0.0954. The van der Waals surface area contributed by atoms with E-state index in [4.69, 9.17) is 11.6 Å². The van der Waals surface area contributed by atoms with Crippen LogP contribution in [-0.4, -0.2) is 22.4 Å². The average molecular weight is 379 g/mol. The van der Waals surface area contributed by atoms with E-state index >= 15 is 0 Å². The van der Waals surface area contributed by atoms with Crippen molar-refractivity contribution in [2.24, 2.45) is 0 Å². The normalized spacial score (nSPS) is 10.8. The number of nitrogens with one attached hydrogen (secondary N) is 2. The molecule has 2 aromatic carbocycles. The Morgan fingerprint density at radius 2 is 2.09 bits per heavy atom. The third-order valence-electron chi connectivity index (χ3n) is 3.26. The SMILES string of the molecule is O=C(NCCc1nc2ccccc2[nH]1)c1cc(Br)ccc1Cl. The summed E-state index contributed by atoms with van der Waals surface area (Å²) in [4.78, 5) is 19.8.